The molecular formula is C28H31F3N6O. The molecule has 0 atom stereocenters. The summed E-state index contributed by atoms with van der Waals surface area (Å²) in [6, 6.07) is 8.68. The monoisotopic (exact) mass is 524 g/mol. The summed E-state index contributed by atoms with van der Waals surface area (Å²) in [6.45, 7) is 1.18. The Kier molecular flexibility index (Phi) is 6.17. The van der Waals surface area contributed by atoms with E-state index in [2.05, 4.69) is 20.5 Å². The number of fused-ring (bicyclic) bond motifs is 1. The molecule has 2 N–H and O–H groups in total. The molecule has 0 unspecified atom stereocenters. The maximum absolute atomic E-state index is 14.2. The fraction of sp³-hybridized carbons (Fsp3) is 0.464. The van der Waals surface area contributed by atoms with Crippen LogP contribution in [0.3, 0.4) is 0 Å². The highest BCUT2D eigenvalue weighted by atomic mass is 19.4. The molecule has 2 aliphatic rings. The van der Waals surface area contributed by atoms with Gasteiger partial charge < -0.3 is 14.9 Å². The minimum atomic E-state index is -4.61. The summed E-state index contributed by atoms with van der Waals surface area (Å²) >= 11 is 0. The van der Waals surface area contributed by atoms with Crippen LogP contribution in [0, 0.1) is 5.92 Å². The van der Waals surface area contributed by atoms with Crippen molar-refractivity contribution in [3.05, 3.63) is 75.9 Å². The molecule has 6 rings (SSSR count). The Morgan fingerprint density at radius 3 is 2.63 bits per heavy atom. The molecule has 10 heteroatoms. The number of nitrogens with one attached hydrogen (secondary N) is 2. The van der Waals surface area contributed by atoms with Crippen LogP contribution < -0.4 is 10.9 Å². The van der Waals surface area contributed by atoms with Gasteiger partial charge in [0.1, 0.15) is 17.7 Å². The van der Waals surface area contributed by atoms with Crippen LogP contribution >= 0.6 is 0 Å². The molecule has 3 aromatic heterocycles. The van der Waals surface area contributed by atoms with Gasteiger partial charge in [-0.15, -0.1) is 10.2 Å². The molecule has 38 heavy (non-hydrogen) atoms. The zero-order valence-electron chi connectivity index (χ0n) is 21.3. The first kappa shape index (κ1) is 24.9. The second kappa shape index (κ2) is 9.41. The fourth-order valence-corrected chi connectivity index (χ4v) is 5.93. The third-order valence-electron chi connectivity index (χ3n) is 8.45. The minimum absolute atomic E-state index is 0.0346. The van der Waals surface area contributed by atoms with Crippen LogP contribution in [-0.2, 0) is 25.2 Å². The van der Waals surface area contributed by atoms with Gasteiger partial charge in [-0.3, -0.25) is 9.36 Å². The molecule has 4 aromatic rings. The van der Waals surface area contributed by atoms with E-state index < -0.39 is 17.3 Å². The highest BCUT2D eigenvalue weighted by Crippen LogP contribution is 2.48. The van der Waals surface area contributed by atoms with Crippen LogP contribution in [0.5, 0.6) is 0 Å². The minimum Gasteiger partial charge on any atom is -0.353 e. The molecule has 7 nitrogen and oxygen atoms in total. The molecule has 0 amide bonds. The molecule has 200 valence electrons. The molecule has 1 aromatic carbocycles. The van der Waals surface area contributed by atoms with Gasteiger partial charge in [0.25, 0.3) is 5.56 Å². The number of benzene rings is 1. The average molecular weight is 525 g/mol. The Labute approximate surface area is 218 Å². The third-order valence-corrected chi connectivity index (χ3v) is 8.45. The van der Waals surface area contributed by atoms with Crippen molar-refractivity contribution in [2.45, 2.75) is 63.1 Å². The molecule has 3 heterocycles. The van der Waals surface area contributed by atoms with Crippen LogP contribution in [-0.4, -0.2) is 30.9 Å². The zero-order chi connectivity index (χ0) is 26.5. The molecule has 2 aliphatic carbocycles. The van der Waals surface area contributed by atoms with Gasteiger partial charge in [-0.2, -0.15) is 13.2 Å². The van der Waals surface area contributed by atoms with E-state index in [-0.39, 0.29) is 16.3 Å². The van der Waals surface area contributed by atoms with Gasteiger partial charge in [0, 0.05) is 36.6 Å². The van der Waals surface area contributed by atoms with E-state index in [4.69, 9.17) is 0 Å². The maximum atomic E-state index is 14.2. The number of pyridine rings is 1. The number of hydrogen-bond donors (Lipinski definition) is 2. The number of aromatic amines is 1. The summed E-state index contributed by atoms with van der Waals surface area (Å²) in [5.41, 5.74) is 0.135. The number of nitrogens with zero attached hydrogens (tertiary/aromatic N) is 4. The third kappa shape index (κ3) is 4.24. The summed E-state index contributed by atoms with van der Waals surface area (Å²) in [4.78, 5) is 16.5. The van der Waals surface area contributed by atoms with E-state index in [1.54, 1.807) is 18.5 Å². The number of hydrogen-bond acceptors (Lipinski definition) is 4. The summed E-state index contributed by atoms with van der Waals surface area (Å²) in [7, 11) is 1.89. The van der Waals surface area contributed by atoms with Gasteiger partial charge in [0.05, 0.1) is 11.0 Å². The molecule has 0 aliphatic heterocycles. The van der Waals surface area contributed by atoms with Crippen molar-refractivity contribution in [1.82, 2.24) is 29.6 Å². The second-order valence-corrected chi connectivity index (χ2v) is 10.8. The van der Waals surface area contributed by atoms with Crippen molar-refractivity contribution in [1.29, 1.82) is 0 Å². The molecular weight excluding hydrogens is 493 g/mol. The Hall–Kier alpha value is -3.40. The van der Waals surface area contributed by atoms with Crippen molar-refractivity contribution >= 4 is 10.9 Å². The van der Waals surface area contributed by atoms with Crippen molar-refractivity contribution < 1.29 is 13.2 Å². The van der Waals surface area contributed by atoms with E-state index >= 15 is 0 Å². The van der Waals surface area contributed by atoms with Crippen LogP contribution in [0.4, 0.5) is 13.2 Å². The normalized spacial score (nSPS) is 17.5. The highest BCUT2D eigenvalue weighted by Gasteiger charge is 2.44. The predicted molar refractivity (Wildman–Crippen MR) is 138 cm³/mol. The largest absolute Gasteiger partial charge is 0.418 e. The number of alkyl halides is 3. The van der Waals surface area contributed by atoms with Gasteiger partial charge in [-0.25, -0.2) is 0 Å². The standard InChI is InChI=1S/C28H31F3N6O/c1-36-17-33-35-26(36)27(10-4-11-27)19-7-3-8-21(13-19)37-16-23(28(29,30)31)22-14-20(34-24(22)25(37)38)15-32-12-9-18-5-2-6-18/h3,7-8,13-14,16-18,32,34H,2,4-6,9-12,15H2,1H3. The van der Waals surface area contributed by atoms with Crippen LogP contribution in [0.1, 0.15) is 67.6 Å². The van der Waals surface area contributed by atoms with Gasteiger partial charge in [0.2, 0.25) is 0 Å². The van der Waals surface area contributed by atoms with E-state index in [9.17, 15) is 18.0 Å². The summed E-state index contributed by atoms with van der Waals surface area (Å²) in [5, 5.41) is 11.6. The van der Waals surface area contributed by atoms with Crippen LogP contribution in [0.2, 0.25) is 0 Å². The Morgan fingerprint density at radius 2 is 2.00 bits per heavy atom. The second-order valence-electron chi connectivity index (χ2n) is 10.8. The first-order valence-corrected chi connectivity index (χ1v) is 13.3. The Balaban J connectivity index is 1.37. The lowest BCUT2D eigenvalue weighted by Gasteiger charge is -2.41. The molecule has 0 bridgehead atoms. The topological polar surface area (TPSA) is 80.5 Å². The number of aryl methyl sites for hydroxylation is 1. The lowest BCUT2D eigenvalue weighted by molar-refractivity contribution is -0.136. The first-order chi connectivity index (χ1) is 18.3. The number of halogens is 3. The predicted octanol–water partition coefficient (Wildman–Crippen LogP) is 5.22. The lowest BCUT2D eigenvalue weighted by atomic mass is 9.63. The highest BCUT2D eigenvalue weighted by molar-refractivity contribution is 5.84. The van der Waals surface area contributed by atoms with Gasteiger partial charge in [-0.1, -0.05) is 37.8 Å². The smallest absolute Gasteiger partial charge is 0.353 e. The molecule has 0 saturated heterocycles. The molecule has 0 radical (unpaired) electrons. The Morgan fingerprint density at radius 1 is 1.18 bits per heavy atom. The van der Waals surface area contributed by atoms with Crippen molar-refractivity contribution in [3.63, 3.8) is 0 Å². The number of H-pyrrole nitrogens is 1. The van der Waals surface area contributed by atoms with Crippen molar-refractivity contribution in [3.8, 4) is 5.69 Å². The van der Waals surface area contributed by atoms with E-state index in [0.29, 0.717) is 17.9 Å². The van der Waals surface area contributed by atoms with Gasteiger partial charge >= 0.3 is 6.18 Å². The lowest BCUT2D eigenvalue weighted by Crippen LogP contribution is -2.38. The van der Waals surface area contributed by atoms with E-state index in [1.807, 2.05) is 23.7 Å². The summed E-state index contributed by atoms with van der Waals surface area (Å²) < 4.78 is 45.6. The maximum Gasteiger partial charge on any atom is 0.418 e. The number of rotatable bonds is 8. The van der Waals surface area contributed by atoms with Gasteiger partial charge in [-0.05, 0) is 55.5 Å². The Bertz CT molecular complexity index is 1520. The van der Waals surface area contributed by atoms with Crippen molar-refractivity contribution in [2.75, 3.05) is 6.54 Å². The van der Waals surface area contributed by atoms with E-state index in [1.165, 1.54) is 25.3 Å². The molecule has 2 fully saturated rings. The van der Waals surface area contributed by atoms with Crippen LogP contribution in [0.25, 0.3) is 16.6 Å². The average Bonchev–Trinajstić information content (AvgIpc) is 3.44. The number of aromatic nitrogens is 5. The van der Waals surface area contributed by atoms with Crippen molar-refractivity contribution in [2.24, 2.45) is 13.0 Å². The van der Waals surface area contributed by atoms with Gasteiger partial charge in [0.15, 0.2) is 0 Å². The first-order valence-electron chi connectivity index (χ1n) is 13.3. The summed E-state index contributed by atoms with van der Waals surface area (Å²) in [6.07, 6.45) is 5.55. The molecule has 2 saturated carbocycles. The zero-order valence-corrected chi connectivity index (χ0v) is 21.3. The van der Waals surface area contributed by atoms with Crippen LogP contribution in [0.15, 0.2) is 47.7 Å². The quantitative estimate of drug-likeness (QED) is 0.310. The summed E-state index contributed by atoms with van der Waals surface area (Å²) in [5.74, 6) is 1.57. The fourth-order valence-electron chi connectivity index (χ4n) is 5.93. The van der Waals surface area contributed by atoms with E-state index in [0.717, 1.165) is 60.3 Å². The SMILES string of the molecule is Cn1cnnc1C1(c2cccc(-n3cc(C(F)(F)F)c4cc(CNCCC5CCC5)[nH]c4c3=O)c2)CCC1. The molecule has 0 spiro atoms.